The van der Waals surface area contributed by atoms with Gasteiger partial charge in [0.2, 0.25) is 0 Å². The molecule has 1 aliphatic heterocycles. The maximum atomic E-state index is 12.8. The second-order valence-electron chi connectivity index (χ2n) is 6.18. The van der Waals surface area contributed by atoms with Crippen LogP contribution in [0.3, 0.4) is 0 Å². The molecule has 172 valence electrons. The largest absolute Gasteiger partial charge is 0.611 e. The second-order valence-corrected chi connectivity index (χ2v) is 12.5. The highest BCUT2D eigenvalue weighted by Gasteiger charge is 2.28. The molecule has 11 nitrogen and oxygen atoms in total. The van der Waals surface area contributed by atoms with Gasteiger partial charge in [-0.1, -0.05) is 0 Å². The van der Waals surface area contributed by atoms with Gasteiger partial charge >= 0.3 is 26.4 Å². The highest BCUT2D eigenvalue weighted by atomic mass is 32.2. The molecule has 0 bridgehead atoms. The zero-order chi connectivity index (χ0) is 22.1. The molecule has 1 fully saturated rings. The van der Waals surface area contributed by atoms with Crippen molar-refractivity contribution in [3.8, 4) is 0 Å². The van der Waals surface area contributed by atoms with E-state index in [1.807, 2.05) is 13.1 Å². The van der Waals surface area contributed by atoms with Gasteiger partial charge in [0.05, 0.1) is 16.6 Å². The third kappa shape index (κ3) is 6.78. The summed E-state index contributed by atoms with van der Waals surface area (Å²) in [6, 6.07) is 0. The number of nitrogens with zero attached hydrogens (tertiary/aromatic N) is 3. The summed E-state index contributed by atoms with van der Waals surface area (Å²) >= 11 is 3.29. The fourth-order valence-corrected chi connectivity index (χ4v) is 8.64. The Bertz CT molecular complexity index is 847. The minimum absolute atomic E-state index is 0.112. The monoisotopic (exact) mass is 514 g/mol. The predicted molar refractivity (Wildman–Crippen MR) is 123 cm³/mol. The Hall–Kier alpha value is -0.439. The van der Waals surface area contributed by atoms with Crippen molar-refractivity contribution in [3.63, 3.8) is 0 Å². The van der Waals surface area contributed by atoms with Crippen LogP contribution in [0.15, 0.2) is 14.4 Å². The highest BCUT2D eigenvalue weighted by Crippen LogP contribution is 2.19. The summed E-state index contributed by atoms with van der Waals surface area (Å²) in [5.41, 5.74) is -1.95. The van der Waals surface area contributed by atoms with E-state index in [1.165, 1.54) is 0 Å². The van der Waals surface area contributed by atoms with Gasteiger partial charge in [0, 0.05) is 31.7 Å². The summed E-state index contributed by atoms with van der Waals surface area (Å²) in [5.74, 6) is 0.777. The molecule has 0 aliphatic carbocycles. The summed E-state index contributed by atoms with van der Waals surface area (Å²) in [4.78, 5) is 38.2. The maximum absolute atomic E-state index is 12.8. The van der Waals surface area contributed by atoms with Crippen LogP contribution < -0.4 is 17.1 Å². The molecule has 0 radical (unpaired) electrons. The molecule has 0 amide bonds. The first kappa shape index (κ1) is 25.8. The minimum Gasteiger partial charge on any atom is -0.611 e. The summed E-state index contributed by atoms with van der Waals surface area (Å²) in [6.07, 6.45) is 0.378. The third-order valence-electron chi connectivity index (χ3n) is 4.13. The van der Waals surface area contributed by atoms with E-state index in [0.717, 1.165) is 13.7 Å². The summed E-state index contributed by atoms with van der Waals surface area (Å²) in [7, 11) is -1.04. The van der Waals surface area contributed by atoms with Gasteiger partial charge in [-0.25, -0.2) is 28.1 Å². The lowest BCUT2D eigenvalue weighted by Gasteiger charge is -2.28. The van der Waals surface area contributed by atoms with Crippen molar-refractivity contribution in [3.05, 3.63) is 31.5 Å². The number of rotatable bonds is 14. The van der Waals surface area contributed by atoms with Crippen LogP contribution in [0.2, 0.25) is 13.1 Å². The Balaban J connectivity index is 2.17. The molecule has 0 spiro atoms. The van der Waals surface area contributed by atoms with Gasteiger partial charge in [0.15, 0.2) is 5.75 Å². The average Bonchev–Trinajstić information content (AvgIpc) is 2.67. The quantitative estimate of drug-likeness (QED) is 0.174. The van der Waals surface area contributed by atoms with E-state index in [4.69, 9.17) is 21.0 Å². The molecule has 1 aliphatic rings. The lowest BCUT2D eigenvalue weighted by Crippen LogP contribution is -2.57. The Labute approximate surface area is 189 Å². The molecule has 1 aromatic heterocycles. The zero-order valence-corrected chi connectivity index (χ0v) is 22.4. The van der Waals surface area contributed by atoms with Gasteiger partial charge in [0.1, 0.15) is 6.23 Å². The first-order valence-electron chi connectivity index (χ1n) is 9.46. The molecular formula is C14H28N3O8S2Si3-. The summed E-state index contributed by atoms with van der Waals surface area (Å²) in [6.45, 7) is 4.63. The van der Waals surface area contributed by atoms with Crippen LogP contribution >= 0.6 is 12.6 Å². The van der Waals surface area contributed by atoms with E-state index in [0.29, 0.717) is 31.0 Å². The Morgan fingerprint density at radius 2 is 1.90 bits per heavy atom. The molecule has 3 atom stereocenters. The van der Waals surface area contributed by atoms with Crippen LogP contribution in [-0.2, 0) is 45.6 Å². The van der Waals surface area contributed by atoms with Gasteiger partial charge in [-0.2, -0.15) is 32.8 Å². The smallest absolute Gasteiger partial charge is 0.350 e. The molecule has 2 heterocycles. The average molecular weight is 515 g/mol. The lowest BCUT2D eigenvalue weighted by atomic mass is 10.3. The van der Waals surface area contributed by atoms with Gasteiger partial charge in [-0.3, -0.25) is 0 Å². The zero-order valence-electron chi connectivity index (χ0n) is 17.2. The van der Waals surface area contributed by atoms with Crippen molar-refractivity contribution < 1.29 is 21.0 Å². The predicted octanol–water partition coefficient (Wildman–Crippen LogP) is -1.93. The van der Waals surface area contributed by atoms with E-state index >= 15 is 0 Å². The van der Waals surface area contributed by atoms with Crippen molar-refractivity contribution in [2.45, 2.75) is 45.3 Å². The molecule has 0 N–H and O–H groups in total. The summed E-state index contributed by atoms with van der Waals surface area (Å²) < 4.78 is 30.6. The molecule has 0 aromatic carbocycles. The van der Waals surface area contributed by atoms with Gasteiger partial charge in [0.25, 0.3) is 11.5 Å². The minimum atomic E-state index is -1.80. The first-order valence-corrected chi connectivity index (χ1v) is 16.0. The number of aromatic nitrogens is 3. The number of thiol groups is 1. The molecule has 0 saturated carbocycles. The standard InChI is InChI=1S/C14H28N3O8S2Si3/c1-21-29-23-27(24-30(3)25-28-2)10-4-6-15-12(18)16(7-9-26)14(20)17(13(15)19)11-5-8-22-11/h11,26,28-30H,4-10H2,1-3H3/q-1. The van der Waals surface area contributed by atoms with Gasteiger partial charge < -0.3 is 17.2 Å². The fraction of sp³-hybridized carbons (Fsp3) is 0.786. The van der Waals surface area contributed by atoms with Crippen LogP contribution in [0.4, 0.5) is 0 Å². The lowest BCUT2D eigenvalue weighted by molar-refractivity contribution is -0.106. The normalized spacial score (nSPS) is 18.2. The van der Waals surface area contributed by atoms with E-state index in [2.05, 4.69) is 12.6 Å². The van der Waals surface area contributed by atoms with Gasteiger partial charge in [-0.05, 0) is 13.7 Å². The molecule has 16 heteroatoms. The molecular weight excluding hydrogens is 487 g/mol. The fourth-order valence-electron chi connectivity index (χ4n) is 2.72. The first-order chi connectivity index (χ1) is 14.4. The van der Waals surface area contributed by atoms with Gasteiger partial charge in [-0.15, -0.1) is 0 Å². The van der Waals surface area contributed by atoms with Crippen LogP contribution in [0, 0.1) is 0 Å². The topological polar surface area (TPSA) is 112 Å². The van der Waals surface area contributed by atoms with E-state index in [-0.39, 0.29) is 22.9 Å². The third-order valence-corrected chi connectivity index (χ3v) is 10.9. The van der Waals surface area contributed by atoms with E-state index in [9.17, 15) is 14.4 Å². The molecule has 3 unspecified atom stereocenters. The van der Waals surface area contributed by atoms with Crippen molar-refractivity contribution in [1.82, 2.24) is 13.7 Å². The highest BCUT2D eigenvalue weighted by molar-refractivity contribution is 7.89. The Morgan fingerprint density at radius 1 is 1.23 bits per heavy atom. The van der Waals surface area contributed by atoms with Crippen LogP contribution in [0.5, 0.6) is 0 Å². The molecule has 1 saturated heterocycles. The summed E-state index contributed by atoms with van der Waals surface area (Å²) in [5, 5.41) is 0. The number of hydrogen-bond donors (Lipinski definition) is 1. The maximum Gasteiger partial charge on any atom is 0.350 e. The SMILES string of the molecule is CO[SiH-]O[S+](CCCn1c(=O)n(CCS)c(=O)n(C2CCO2)c1=O)O[SiH](C)O[SiH-]C. The van der Waals surface area contributed by atoms with Crippen molar-refractivity contribution in [1.29, 1.82) is 0 Å². The number of ether oxygens (including phenoxy) is 1. The van der Waals surface area contributed by atoms with Crippen LogP contribution in [0.25, 0.3) is 0 Å². The van der Waals surface area contributed by atoms with E-state index < -0.39 is 54.0 Å². The Morgan fingerprint density at radius 3 is 2.43 bits per heavy atom. The van der Waals surface area contributed by atoms with E-state index in [1.54, 1.807) is 7.11 Å². The molecule has 2 rings (SSSR count). The van der Waals surface area contributed by atoms with Crippen LogP contribution in [-0.4, -0.2) is 68.0 Å². The Kier molecular flexibility index (Phi) is 11.3. The second kappa shape index (κ2) is 13.2. The van der Waals surface area contributed by atoms with Crippen molar-refractivity contribution in [2.24, 2.45) is 0 Å². The van der Waals surface area contributed by atoms with Crippen molar-refractivity contribution in [2.75, 3.05) is 25.2 Å². The van der Waals surface area contributed by atoms with Crippen LogP contribution in [0.1, 0.15) is 19.1 Å². The van der Waals surface area contributed by atoms with Crippen molar-refractivity contribution >= 4 is 53.1 Å². The number of hydrogen-bond acceptors (Lipinski definition) is 9. The molecule has 1 aromatic rings. The molecule has 30 heavy (non-hydrogen) atoms.